The van der Waals surface area contributed by atoms with E-state index in [4.69, 9.17) is 9.84 Å². The minimum absolute atomic E-state index is 0.0625. The highest BCUT2D eigenvalue weighted by molar-refractivity contribution is 5.90. The van der Waals surface area contributed by atoms with Crippen LogP contribution in [0.5, 0.6) is 5.75 Å². The van der Waals surface area contributed by atoms with Crippen molar-refractivity contribution in [2.45, 2.75) is 6.92 Å². The van der Waals surface area contributed by atoms with E-state index in [1.807, 2.05) is 0 Å². The highest BCUT2D eigenvalue weighted by Gasteiger charge is 2.11. The molecule has 0 unspecified atom stereocenters. The molecule has 7 nitrogen and oxygen atoms in total. The minimum Gasteiger partial charge on any atom is -0.489 e. The Morgan fingerprint density at radius 2 is 2.20 bits per heavy atom. The van der Waals surface area contributed by atoms with Gasteiger partial charge in [0.05, 0.1) is 19.0 Å². The predicted molar refractivity (Wildman–Crippen MR) is 72.8 cm³/mol. The van der Waals surface area contributed by atoms with Crippen molar-refractivity contribution in [2.24, 2.45) is 0 Å². The number of benzene rings is 1. The number of anilines is 2. The summed E-state index contributed by atoms with van der Waals surface area (Å²) in [5, 5.41) is 11.9. The highest BCUT2D eigenvalue weighted by Crippen LogP contribution is 2.22. The molecule has 0 atom stereocenters. The number of rotatable bonds is 4. The summed E-state index contributed by atoms with van der Waals surface area (Å²) in [6.07, 6.45) is 1.26. The lowest BCUT2D eigenvalue weighted by molar-refractivity contribution is 0.0696. The van der Waals surface area contributed by atoms with Gasteiger partial charge in [0.15, 0.2) is 5.82 Å². The van der Waals surface area contributed by atoms with Crippen molar-refractivity contribution in [1.29, 1.82) is 0 Å². The van der Waals surface area contributed by atoms with E-state index in [1.165, 1.54) is 19.5 Å². The van der Waals surface area contributed by atoms with Crippen molar-refractivity contribution in [3.63, 3.8) is 0 Å². The topological polar surface area (TPSA) is 104 Å². The number of carboxylic acid groups (broad SMARTS) is 1. The van der Waals surface area contributed by atoms with Crippen LogP contribution in [0.4, 0.5) is 11.5 Å². The molecule has 3 N–H and O–H groups in total. The van der Waals surface area contributed by atoms with E-state index in [0.29, 0.717) is 11.3 Å². The predicted octanol–water partition coefficient (Wildman–Crippen LogP) is 1.53. The zero-order chi connectivity index (χ0) is 14.7. The average molecular weight is 275 g/mol. The quantitative estimate of drug-likeness (QED) is 0.781. The fourth-order valence-electron chi connectivity index (χ4n) is 1.78. The smallest absolute Gasteiger partial charge is 0.335 e. The Labute approximate surface area is 114 Å². The third-order valence-electron chi connectivity index (χ3n) is 2.73. The lowest BCUT2D eigenvalue weighted by Gasteiger charge is -2.10. The van der Waals surface area contributed by atoms with Crippen LogP contribution in [0, 0.1) is 6.92 Å². The molecule has 0 bridgehead atoms. The molecule has 1 heterocycles. The number of hydrogen-bond acceptors (Lipinski definition) is 5. The van der Waals surface area contributed by atoms with Gasteiger partial charge in [0, 0.05) is 5.69 Å². The molecular weight excluding hydrogens is 262 g/mol. The first-order valence-corrected chi connectivity index (χ1v) is 5.75. The van der Waals surface area contributed by atoms with E-state index in [-0.39, 0.29) is 17.1 Å². The molecule has 0 saturated heterocycles. The molecule has 1 aromatic heterocycles. The SMILES string of the molecule is COc1c(Nc2ccc(C(=O)O)c(C)c2)nc[nH]c1=O. The molecule has 0 amide bonds. The number of nitrogens with one attached hydrogen (secondary N) is 2. The van der Waals surface area contributed by atoms with Crippen molar-refractivity contribution in [1.82, 2.24) is 9.97 Å². The third-order valence-corrected chi connectivity index (χ3v) is 2.73. The molecule has 0 spiro atoms. The number of nitrogens with zero attached hydrogens (tertiary/aromatic N) is 1. The van der Waals surface area contributed by atoms with Crippen molar-refractivity contribution in [3.8, 4) is 5.75 Å². The molecule has 2 aromatic rings. The van der Waals surface area contributed by atoms with Crippen LogP contribution in [-0.2, 0) is 0 Å². The van der Waals surface area contributed by atoms with Gasteiger partial charge in [-0.25, -0.2) is 9.78 Å². The molecule has 0 aliphatic carbocycles. The minimum atomic E-state index is -0.985. The van der Waals surface area contributed by atoms with Crippen LogP contribution in [-0.4, -0.2) is 28.2 Å². The number of aromatic amines is 1. The van der Waals surface area contributed by atoms with Crippen molar-refractivity contribution in [3.05, 3.63) is 46.0 Å². The molecule has 20 heavy (non-hydrogen) atoms. The van der Waals surface area contributed by atoms with E-state index < -0.39 is 11.5 Å². The van der Waals surface area contributed by atoms with E-state index in [2.05, 4.69) is 15.3 Å². The summed E-state index contributed by atoms with van der Waals surface area (Å²) in [5.74, 6) is -0.660. The summed E-state index contributed by atoms with van der Waals surface area (Å²) in [5.41, 5.74) is 1.04. The number of aromatic carboxylic acids is 1. The van der Waals surface area contributed by atoms with Crippen LogP contribution >= 0.6 is 0 Å². The van der Waals surface area contributed by atoms with Gasteiger partial charge in [0.25, 0.3) is 5.56 Å². The summed E-state index contributed by atoms with van der Waals surface area (Å²) in [6.45, 7) is 1.69. The standard InChI is InChI=1S/C13H13N3O4/c1-7-5-8(3-4-9(7)13(18)19)16-11-10(20-2)12(17)15-6-14-11/h3-6H,1-2H3,(H,18,19)(H2,14,15,16,17). The molecular formula is C13H13N3O4. The Bertz CT molecular complexity index is 709. The maximum atomic E-state index is 11.5. The molecule has 0 aliphatic heterocycles. The van der Waals surface area contributed by atoms with Gasteiger partial charge in [-0.3, -0.25) is 4.79 Å². The zero-order valence-electron chi connectivity index (χ0n) is 10.9. The first-order valence-electron chi connectivity index (χ1n) is 5.75. The largest absolute Gasteiger partial charge is 0.489 e. The summed E-state index contributed by atoms with van der Waals surface area (Å²) in [7, 11) is 1.37. The number of hydrogen-bond donors (Lipinski definition) is 3. The Kier molecular flexibility index (Phi) is 3.69. The number of ether oxygens (including phenoxy) is 1. The molecule has 2 rings (SSSR count). The Morgan fingerprint density at radius 3 is 2.80 bits per heavy atom. The van der Waals surface area contributed by atoms with Gasteiger partial charge in [-0.15, -0.1) is 0 Å². The van der Waals surface area contributed by atoms with Crippen LogP contribution in [0.1, 0.15) is 15.9 Å². The molecule has 0 radical (unpaired) electrons. The number of aromatic nitrogens is 2. The first kappa shape index (κ1) is 13.6. The summed E-state index contributed by atoms with van der Waals surface area (Å²) >= 11 is 0. The second kappa shape index (κ2) is 5.43. The normalized spacial score (nSPS) is 10.1. The molecule has 0 fully saturated rings. The fraction of sp³-hybridized carbons (Fsp3) is 0.154. The monoisotopic (exact) mass is 275 g/mol. The number of carbonyl (C=O) groups is 1. The molecule has 1 aromatic carbocycles. The second-order valence-electron chi connectivity index (χ2n) is 4.07. The van der Waals surface area contributed by atoms with E-state index in [0.717, 1.165) is 0 Å². The first-order chi connectivity index (χ1) is 9.52. The van der Waals surface area contributed by atoms with Crippen LogP contribution in [0.15, 0.2) is 29.3 Å². The second-order valence-corrected chi connectivity index (χ2v) is 4.07. The van der Waals surface area contributed by atoms with E-state index >= 15 is 0 Å². The Hall–Kier alpha value is -2.83. The van der Waals surface area contributed by atoms with Gasteiger partial charge < -0.3 is 20.1 Å². The Balaban J connectivity index is 2.36. The molecule has 0 aliphatic rings. The van der Waals surface area contributed by atoms with Crippen LogP contribution in [0.25, 0.3) is 0 Å². The molecule has 104 valence electrons. The summed E-state index contributed by atoms with van der Waals surface area (Å²) < 4.78 is 4.98. The van der Waals surface area contributed by atoms with Crippen LogP contribution < -0.4 is 15.6 Å². The third kappa shape index (κ3) is 2.61. The van der Waals surface area contributed by atoms with Gasteiger partial charge >= 0.3 is 5.97 Å². The van der Waals surface area contributed by atoms with E-state index in [9.17, 15) is 9.59 Å². The number of aryl methyl sites for hydroxylation is 1. The summed E-state index contributed by atoms with van der Waals surface area (Å²) in [6, 6.07) is 4.74. The number of H-pyrrole nitrogens is 1. The van der Waals surface area contributed by atoms with Crippen molar-refractivity contribution < 1.29 is 14.6 Å². The summed E-state index contributed by atoms with van der Waals surface area (Å²) in [4.78, 5) is 28.9. The average Bonchev–Trinajstić information content (AvgIpc) is 2.38. The maximum absolute atomic E-state index is 11.5. The van der Waals surface area contributed by atoms with Gasteiger partial charge in [0.1, 0.15) is 0 Å². The van der Waals surface area contributed by atoms with Crippen LogP contribution in [0.2, 0.25) is 0 Å². The number of methoxy groups -OCH3 is 1. The fourth-order valence-corrected chi connectivity index (χ4v) is 1.78. The maximum Gasteiger partial charge on any atom is 0.335 e. The zero-order valence-corrected chi connectivity index (χ0v) is 10.9. The molecule has 7 heteroatoms. The molecule has 0 saturated carbocycles. The van der Waals surface area contributed by atoms with Crippen LogP contribution in [0.3, 0.4) is 0 Å². The number of carboxylic acids is 1. The lowest BCUT2D eigenvalue weighted by Crippen LogP contribution is -2.12. The van der Waals surface area contributed by atoms with E-state index in [1.54, 1.807) is 19.1 Å². The highest BCUT2D eigenvalue weighted by atomic mass is 16.5. The lowest BCUT2D eigenvalue weighted by atomic mass is 10.1. The van der Waals surface area contributed by atoms with Gasteiger partial charge in [-0.05, 0) is 30.7 Å². The van der Waals surface area contributed by atoms with Crippen molar-refractivity contribution >= 4 is 17.5 Å². The van der Waals surface area contributed by atoms with Crippen molar-refractivity contribution in [2.75, 3.05) is 12.4 Å². The van der Waals surface area contributed by atoms with Gasteiger partial charge in [-0.1, -0.05) is 0 Å². The van der Waals surface area contributed by atoms with Gasteiger partial charge in [0.2, 0.25) is 5.75 Å². The Morgan fingerprint density at radius 1 is 1.45 bits per heavy atom. The van der Waals surface area contributed by atoms with Gasteiger partial charge in [-0.2, -0.15) is 0 Å².